The highest BCUT2D eigenvalue weighted by atomic mass is 14.9. The predicted octanol–water partition coefficient (Wildman–Crippen LogP) is 4.47. The summed E-state index contributed by atoms with van der Waals surface area (Å²) in [5.74, 6) is 0.973. The van der Waals surface area contributed by atoms with Gasteiger partial charge in [-0.1, -0.05) is 54.9 Å². The van der Waals surface area contributed by atoms with Crippen molar-refractivity contribution in [3.05, 3.63) is 0 Å². The van der Waals surface area contributed by atoms with Crippen LogP contribution in [0.4, 0.5) is 0 Å². The van der Waals surface area contributed by atoms with Crippen LogP contribution in [0, 0.1) is 5.92 Å². The van der Waals surface area contributed by atoms with Crippen molar-refractivity contribution in [2.75, 3.05) is 13.1 Å². The molecule has 1 heteroatoms. The highest BCUT2D eigenvalue weighted by Gasteiger charge is 2.04. The molecule has 1 fully saturated rings. The van der Waals surface area contributed by atoms with E-state index in [1.807, 2.05) is 27.7 Å². The predicted molar refractivity (Wildman–Crippen MR) is 69.9 cm³/mol. The van der Waals surface area contributed by atoms with E-state index < -0.39 is 0 Å². The van der Waals surface area contributed by atoms with Crippen LogP contribution < -0.4 is 5.32 Å². The first-order chi connectivity index (χ1) is 6.81. The molecule has 0 atom stereocenters. The van der Waals surface area contributed by atoms with Crippen LogP contribution in [-0.4, -0.2) is 13.1 Å². The molecule has 90 valence electrons. The zero-order valence-electron chi connectivity index (χ0n) is 11.6. The average Bonchev–Trinajstić information content (AvgIpc) is 2.26. The quantitative estimate of drug-likeness (QED) is 0.612. The van der Waals surface area contributed by atoms with Crippen molar-refractivity contribution in [1.29, 1.82) is 0 Å². The van der Waals surface area contributed by atoms with Gasteiger partial charge in [0, 0.05) is 0 Å². The highest BCUT2D eigenvalue weighted by Crippen LogP contribution is 2.08. The average molecular weight is 203 g/mol. The molecule has 1 heterocycles. The summed E-state index contributed by atoms with van der Waals surface area (Å²) in [7, 11) is 0. The second-order valence-corrected chi connectivity index (χ2v) is 3.14. The largest absolute Gasteiger partial charge is 0.317 e. The van der Waals surface area contributed by atoms with Gasteiger partial charge in [-0.2, -0.15) is 0 Å². The Balaban J connectivity index is -0.000000148. The van der Waals surface area contributed by atoms with Crippen LogP contribution in [0.5, 0.6) is 0 Å². The molecule has 0 saturated carbocycles. The summed E-state index contributed by atoms with van der Waals surface area (Å²) < 4.78 is 0. The Kier molecular flexibility index (Phi) is 32.2. The van der Waals surface area contributed by atoms with Gasteiger partial charge in [-0.3, -0.25) is 0 Å². The summed E-state index contributed by atoms with van der Waals surface area (Å²) in [6.07, 6.45) is 4.00. The molecule has 1 N–H and O–H groups in total. The Morgan fingerprint density at radius 3 is 1.36 bits per heavy atom. The third-order valence-electron chi connectivity index (χ3n) is 1.63. The zero-order chi connectivity index (χ0) is 11.8. The normalized spacial score (nSPS) is 14.8. The van der Waals surface area contributed by atoms with Gasteiger partial charge in [0.15, 0.2) is 0 Å². The number of rotatable bonds is 0. The fraction of sp³-hybridized carbons (Fsp3) is 1.00. The van der Waals surface area contributed by atoms with Crippen LogP contribution in [0.2, 0.25) is 0 Å². The van der Waals surface area contributed by atoms with Crippen molar-refractivity contribution in [2.45, 2.75) is 67.7 Å². The van der Waals surface area contributed by atoms with Crippen LogP contribution in [0.1, 0.15) is 67.7 Å². The fourth-order valence-electron chi connectivity index (χ4n) is 0.966. The van der Waals surface area contributed by atoms with Crippen molar-refractivity contribution >= 4 is 0 Å². The fourth-order valence-corrected chi connectivity index (χ4v) is 0.966. The topological polar surface area (TPSA) is 12.0 Å². The van der Waals surface area contributed by atoms with E-state index in [9.17, 15) is 0 Å². The lowest BCUT2D eigenvalue weighted by Crippen LogP contribution is -2.26. The SMILES string of the molecule is CC.CC.CC1CCNCC1.CCC. The van der Waals surface area contributed by atoms with E-state index in [-0.39, 0.29) is 0 Å². The monoisotopic (exact) mass is 203 g/mol. The van der Waals surface area contributed by atoms with Gasteiger partial charge in [-0.05, 0) is 31.8 Å². The summed E-state index contributed by atoms with van der Waals surface area (Å²) in [6.45, 7) is 17.0. The van der Waals surface area contributed by atoms with Crippen molar-refractivity contribution in [3.63, 3.8) is 0 Å². The zero-order valence-corrected chi connectivity index (χ0v) is 11.6. The van der Waals surface area contributed by atoms with Gasteiger partial charge in [0.2, 0.25) is 0 Å². The molecule has 1 nitrogen and oxygen atoms in total. The summed E-state index contributed by atoms with van der Waals surface area (Å²) in [5.41, 5.74) is 0. The molecule has 0 unspecified atom stereocenters. The lowest BCUT2D eigenvalue weighted by molar-refractivity contribution is 0.402. The van der Waals surface area contributed by atoms with Gasteiger partial charge >= 0.3 is 0 Å². The van der Waals surface area contributed by atoms with Crippen molar-refractivity contribution in [2.24, 2.45) is 5.92 Å². The Morgan fingerprint density at radius 2 is 1.21 bits per heavy atom. The Hall–Kier alpha value is -0.0400. The molecule has 0 spiro atoms. The smallest absolute Gasteiger partial charge is 0.00464 e. The van der Waals surface area contributed by atoms with E-state index in [0.717, 1.165) is 5.92 Å². The summed E-state index contributed by atoms with van der Waals surface area (Å²) >= 11 is 0. The minimum absolute atomic E-state index is 0.973. The van der Waals surface area contributed by atoms with Gasteiger partial charge in [0.1, 0.15) is 0 Å². The Morgan fingerprint density at radius 1 is 0.929 bits per heavy atom. The van der Waals surface area contributed by atoms with E-state index in [0.29, 0.717) is 0 Å². The molecule has 0 aromatic rings. The van der Waals surface area contributed by atoms with Gasteiger partial charge in [-0.15, -0.1) is 0 Å². The molecule has 0 aromatic carbocycles. The lowest BCUT2D eigenvalue weighted by Gasteiger charge is -2.17. The number of hydrogen-bond acceptors (Lipinski definition) is 1. The third kappa shape index (κ3) is 22.7. The molecule has 0 amide bonds. The van der Waals surface area contributed by atoms with Crippen LogP contribution in [0.15, 0.2) is 0 Å². The first-order valence-electron chi connectivity index (χ1n) is 6.52. The van der Waals surface area contributed by atoms with Gasteiger partial charge in [0.25, 0.3) is 0 Å². The molecule has 1 aliphatic rings. The lowest BCUT2D eigenvalue weighted by atomic mass is 10.0. The molecule has 0 aromatic heterocycles. The number of nitrogens with one attached hydrogen (secondary N) is 1. The van der Waals surface area contributed by atoms with Crippen LogP contribution >= 0.6 is 0 Å². The molecule has 0 aliphatic carbocycles. The van der Waals surface area contributed by atoms with Crippen LogP contribution in [0.3, 0.4) is 0 Å². The van der Waals surface area contributed by atoms with E-state index >= 15 is 0 Å². The maximum absolute atomic E-state index is 3.32. The Bertz CT molecular complexity index is 56.3. The summed E-state index contributed by atoms with van der Waals surface area (Å²) in [5, 5.41) is 3.32. The Labute approximate surface area is 92.7 Å². The molecule has 14 heavy (non-hydrogen) atoms. The highest BCUT2D eigenvalue weighted by molar-refractivity contribution is 4.62. The number of hydrogen-bond donors (Lipinski definition) is 1. The van der Waals surface area contributed by atoms with E-state index in [1.165, 1.54) is 32.4 Å². The van der Waals surface area contributed by atoms with Crippen LogP contribution in [-0.2, 0) is 0 Å². The molecular formula is C13H33N. The van der Waals surface area contributed by atoms with E-state index in [2.05, 4.69) is 26.1 Å². The van der Waals surface area contributed by atoms with Crippen molar-refractivity contribution in [3.8, 4) is 0 Å². The molecule has 0 radical (unpaired) electrons. The number of piperidine rings is 1. The van der Waals surface area contributed by atoms with Crippen molar-refractivity contribution in [1.82, 2.24) is 5.32 Å². The van der Waals surface area contributed by atoms with E-state index in [4.69, 9.17) is 0 Å². The van der Waals surface area contributed by atoms with E-state index in [1.54, 1.807) is 0 Å². The molecule has 1 aliphatic heterocycles. The van der Waals surface area contributed by atoms with Crippen LogP contribution in [0.25, 0.3) is 0 Å². The van der Waals surface area contributed by atoms with Gasteiger partial charge in [-0.25, -0.2) is 0 Å². The van der Waals surface area contributed by atoms with Gasteiger partial charge in [0.05, 0.1) is 0 Å². The summed E-state index contributed by atoms with van der Waals surface area (Å²) in [6, 6.07) is 0. The minimum Gasteiger partial charge on any atom is -0.317 e. The maximum Gasteiger partial charge on any atom is -0.00464 e. The first-order valence-corrected chi connectivity index (χ1v) is 6.52. The molecule has 0 bridgehead atoms. The molecular weight excluding hydrogens is 170 g/mol. The third-order valence-corrected chi connectivity index (χ3v) is 1.63. The summed E-state index contributed by atoms with van der Waals surface area (Å²) in [4.78, 5) is 0. The second-order valence-electron chi connectivity index (χ2n) is 3.14. The minimum atomic E-state index is 0.973. The first kappa shape index (κ1) is 19.5. The van der Waals surface area contributed by atoms with Gasteiger partial charge < -0.3 is 5.32 Å². The molecule has 1 rings (SSSR count). The maximum atomic E-state index is 3.32. The standard InChI is InChI=1S/C6H13N.C3H8.2C2H6/c1-6-2-4-7-5-3-6;1-3-2;2*1-2/h6-7H,2-5H2,1H3;3H2,1-2H3;2*1-2H3. The van der Waals surface area contributed by atoms with Crippen molar-refractivity contribution < 1.29 is 0 Å². The second kappa shape index (κ2) is 23.1. The molecule has 1 saturated heterocycles.